The maximum absolute atomic E-state index is 10.4. The number of hydrogen-bond donors (Lipinski definition) is 1. The highest BCUT2D eigenvalue weighted by Gasteiger charge is 2.19. The molecule has 1 aromatic heterocycles. The Kier molecular flexibility index (Phi) is 4.17. The summed E-state index contributed by atoms with van der Waals surface area (Å²) in [5.74, 6) is 1.39. The number of benzene rings is 1. The number of aromatic nitrogens is 2. The molecular formula is C15H17BrN2O3. The summed E-state index contributed by atoms with van der Waals surface area (Å²) >= 11 is 3.49. The summed E-state index contributed by atoms with van der Waals surface area (Å²) in [7, 11) is 1.86. The summed E-state index contributed by atoms with van der Waals surface area (Å²) in [6.07, 6.45) is 2.56. The largest absolute Gasteiger partial charge is 0.490 e. The molecule has 2 aromatic rings. The molecule has 0 radical (unpaired) electrons. The van der Waals surface area contributed by atoms with E-state index < -0.39 is 6.10 Å². The number of fused-ring (bicyclic) bond motifs is 1. The van der Waals surface area contributed by atoms with Gasteiger partial charge < -0.3 is 14.6 Å². The van der Waals surface area contributed by atoms with Gasteiger partial charge in [0.1, 0.15) is 0 Å². The molecular weight excluding hydrogens is 336 g/mol. The number of rotatable bonds is 3. The first kappa shape index (κ1) is 14.4. The predicted octanol–water partition coefficient (Wildman–Crippen LogP) is 2.62. The highest BCUT2D eigenvalue weighted by molar-refractivity contribution is 9.10. The predicted molar refractivity (Wildman–Crippen MR) is 81.6 cm³/mol. The van der Waals surface area contributed by atoms with Gasteiger partial charge in [-0.1, -0.05) is 0 Å². The molecule has 1 unspecified atom stereocenters. The summed E-state index contributed by atoms with van der Waals surface area (Å²) in [5.41, 5.74) is 1.64. The average molecular weight is 353 g/mol. The number of aryl methyl sites for hydroxylation is 1. The van der Waals surface area contributed by atoms with Crippen molar-refractivity contribution in [3.05, 3.63) is 40.1 Å². The molecule has 1 aliphatic rings. The second-order valence-electron chi connectivity index (χ2n) is 5.08. The Morgan fingerprint density at radius 1 is 1.38 bits per heavy atom. The van der Waals surface area contributed by atoms with Crippen LogP contribution in [-0.4, -0.2) is 28.1 Å². The Bertz CT molecular complexity index is 642. The fraction of sp³-hybridized carbons (Fsp3) is 0.400. The SMILES string of the molecule is Cn1ccc(CC(O)c2cc(Br)c3c(c2)OCCCO3)n1. The van der Waals surface area contributed by atoms with Crippen molar-refractivity contribution in [2.24, 2.45) is 7.05 Å². The lowest BCUT2D eigenvalue weighted by Gasteiger charge is -2.15. The molecule has 0 bridgehead atoms. The molecule has 0 saturated heterocycles. The van der Waals surface area contributed by atoms with Crippen LogP contribution in [0.15, 0.2) is 28.9 Å². The zero-order valence-corrected chi connectivity index (χ0v) is 13.3. The highest BCUT2D eigenvalue weighted by Crippen LogP contribution is 2.39. The molecule has 6 heteroatoms. The highest BCUT2D eigenvalue weighted by atomic mass is 79.9. The molecule has 0 fully saturated rings. The van der Waals surface area contributed by atoms with E-state index in [0.29, 0.717) is 31.1 Å². The van der Waals surface area contributed by atoms with Crippen LogP contribution in [0.4, 0.5) is 0 Å². The molecule has 1 aromatic carbocycles. The molecule has 0 aliphatic carbocycles. The van der Waals surface area contributed by atoms with E-state index in [1.54, 1.807) is 4.68 Å². The van der Waals surface area contributed by atoms with Gasteiger partial charge >= 0.3 is 0 Å². The summed E-state index contributed by atoms with van der Waals surface area (Å²) < 4.78 is 13.9. The second-order valence-corrected chi connectivity index (χ2v) is 5.94. The third-order valence-corrected chi connectivity index (χ3v) is 3.97. The third-order valence-electron chi connectivity index (χ3n) is 3.38. The Morgan fingerprint density at radius 3 is 2.95 bits per heavy atom. The molecule has 0 amide bonds. The first-order valence-corrected chi connectivity index (χ1v) is 7.68. The lowest BCUT2D eigenvalue weighted by atomic mass is 10.0. The molecule has 1 N–H and O–H groups in total. The molecule has 1 aliphatic heterocycles. The van der Waals surface area contributed by atoms with Crippen LogP contribution in [0.25, 0.3) is 0 Å². The van der Waals surface area contributed by atoms with Crippen LogP contribution < -0.4 is 9.47 Å². The summed E-state index contributed by atoms with van der Waals surface area (Å²) in [5, 5.41) is 14.7. The topological polar surface area (TPSA) is 56.5 Å². The van der Waals surface area contributed by atoms with Crippen molar-refractivity contribution < 1.29 is 14.6 Å². The minimum absolute atomic E-state index is 0.465. The minimum Gasteiger partial charge on any atom is -0.490 e. The van der Waals surface area contributed by atoms with E-state index in [0.717, 1.165) is 22.2 Å². The van der Waals surface area contributed by atoms with Crippen LogP contribution in [0, 0.1) is 0 Å². The van der Waals surface area contributed by atoms with Crippen molar-refractivity contribution in [3.8, 4) is 11.5 Å². The molecule has 0 saturated carbocycles. The summed E-state index contributed by atoms with van der Waals surface area (Å²) in [4.78, 5) is 0. The minimum atomic E-state index is -0.631. The van der Waals surface area contributed by atoms with Crippen molar-refractivity contribution in [2.75, 3.05) is 13.2 Å². The van der Waals surface area contributed by atoms with Crippen molar-refractivity contribution in [2.45, 2.75) is 18.9 Å². The van der Waals surface area contributed by atoms with Crippen LogP contribution in [0.2, 0.25) is 0 Å². The average Bonchev–Trinajstić information content (AvgIpc) is 2.72. The lowest BCUT2D eigenvalue weighted by Crippen LogP contribution is -2.04. The first-order chi connectivity index (χ1) is 10.1. The van der Waals surface area contributed by atoms with Gasteiger partial charge in [0, 0.05) is 26.1 Å². The Hall–Kier alpha value is -1.53. The lowest BCUT2D eigenvalue weighted by molar-refractivity contribution is 0.176. The van der Waals surface area contributed by atoms with Gasteiger partial charge in [-0.05, 0) is 39.7 Å². The maximum atomic E-state index is 10.4. The van der Waals surface area contributed by atoms with E-state index in [9.17, 15) is 5.11 Å². The molecule has 2 heterocycles. The smallest absolute Gasteiger partial charge is 0.175 e. The summed E-state index contributed by atoms with van der Waals surface area (Å²) in [6, 6.07) is 5.63. The van der Waals surface area contributed by atoms with Crippen LogP contribution in [0.5, 0.6) is 11.5 Å². The Labute approximate surface area is 131 Å². The van der Waals surface area contributed by atoms with Gasteiger partial charge in [-0.15, -0.1) is 0 Å². The number of ether oxygens (including phenoxy) is 2. The molecule has 21 heavy (non-hydrogen) atoms. The summed E-state index contributed by atoms with van der Waals surface area (Å²) in [6.45, 7) is 1.26. The van der Waals surface area contributed by atoms with Gasteiger partial charge in [-0.2, -0.15) is 5.10 Å². The zero-order valence-electron chi connectivity index (χ0n) is 11.8. The molecule has 0 spiro atoms. The zero-order chi connectivity index (χ0) is 14.8. The second kappa shape index (κ2) is 6.07. The fourth-order valence-electron chi connectivity index (χ4n) is 2.33. The van der Waals surface area contributed by atoms with Crippen molar-refractivity contribution in [1.29, 1.82) is 0 Å². The molecule has 3 rings (SSSR count). The van der Waals surface area contributed by atoms with E-state index in [1.165, 1.54) is 0 Å². The molecule has 5 nitrogen and oxygen atoms in total. The van der Waals surface area contributed by atoms with Crippen LogP contribution >= 0.6 is 15.9 Å². The molecule has 112 valence electrons. The Balaban J connectivity index is 1.84. The van der Waals surface area contributed by atoms with Gasteiger partial charge in [0.05, 0.1) is 29.5 Å². The number of halogens is 1. The quantitative estimate of drug-likeness (QED) is 0.922. The van der Waals surface area contributed by atoms with E-state index in [-0.39, 0.29) is 0 Å². The number of nitrogens with zero attached hydrogens (tertiary/aromatic N) is 2. The van der Waals surface area contributed by atoms with E-state index in [4.69, 9.17) is 9.47 Å². The Morgan fingerprint density at radius 2 is 2.19 bits per heavy atom. The van der Waals surface area contributed by atoms with E-state index in [2.05, 4.69) is 21.0 Å². The van der Waals surface area contributed by atoms with Gasteiger partial charge in [0.25, 0.3) is 0 Å². The van der Waals surface area contributed by atoms with E-state index >= 15 is 0 Å². The van der Waals surface area contributed by atoms with Crippen LogP contribution in [-0.2, 0) is 13.5 Å². The fourth-order valence-corrected chi connectivity index (χ4v) is 2.91. The first-order valence-electron chi connectivity index (χ1n) is 6.89. The number of aliphatic hydroxyl groups is 1. The monoisotopic (exact) mass is 352 g/mol. The van der Waals surface area contributed by atoms with Crippen molar-refractivity contribution >= 4 is 15.9 Å². The maximum Gasteiger partial charge on any atom is 0.175 e. The third kappa shape index (κ3) is 3.22. The van der Waals surface area contributed by atoms with Crippen molar-refractivity contribution in [1.82, 2.24) is 9.78 Å². The number of hydrogen-bond acceptors (Lipinski definition) is 4. The number of aliphatic hydroxyl groups excluding tert-OH is 1. The van der Waals surface area contributed by atoms with Crippen LogP contribution in [0.1, 0.15) is 23.8 Å². The van der Waals surface area contributed by atoms with Gasteiger partial charge in [-0.25, -0.2) is 0 Å². The molecule has 1 atom stereocenters. The van der Waals surface area contributed by atoms with Gasteiger partial charge in [0.15, 0.2) is 11.5 Å². The van der Waals surface area contributed by atoms with E-state index in [1.807, 2.05) is 31.4 Å². The van der Waals surface area contributed by atoms with Gasteiger partial charge in [0.2, 0.25) is 0 Å². The van der Waals surface area contributed by atoms with Crippen LogP contribution in [0.3, 0.4) is 0 Å². The van der Waals surface area contributed by atoms with Crippen molar-refractivity contribution in [3.63, 3.8) is 0 Å². The normalized spacial score (nSPS) is 15.6. The standard InChI is InChI=1S/C15H17BrN2O3/c1-18-4-3-11(17-18)9-13(19)10-7-12(16)15-14(8-10)20-5-2-6-21-15/h3-4,7-8,13,19H,2,5-6,9H2,1H3. The van der Waals surface area contributed by atoms with Gasteiger partial charge in [-0.3, -0.25) is 4.68 Å².